The van der Waals surface area contributed by atoms with Crippen LogP contribution in [0.1, 0.15) is 5.56 Å². The maximum Gasteiger partial charge on any atom is 0.272 e. The van der Waals surface area contributed by atoms with Gasteiger partial charge in [-0.05, 0) is 19.1 Å². The molecule has 106 valence electrons. The second-order valence-electron chi connectivity index (χ2n) is 4.23. The number of anilines is 1. The molecular weight excluding hydrogens is 252 g/mol. The van der Waals surface area contributed by atoms with Gasteiger partial charge in [0, 0.05) is 0 Å². The van der Waals surface area contributed by atoms with Gasteiger partial charge >= 0.3 is 0 Å². The van der Waals surface area contributed by atoms with Gasteiger partial charge in [0.15, 0.2) is 6.10 Å². The van der Waals surface area contributed by atoms with E-state index in [2.05, 4.69) is 0 Å². The molecule has 0 radical (unpaired) electrons. The van der Waals surface area contributed by atoms with Gasteiger partial charge in [0.2, 0.25) is 0 Å². The van der Waals surface area contributed by atoms with E-state index in [4.69, 9.17) is 16.1 Å². The summed E-state index contributed by atoms with van der Waals surface area (Å²) in [6.07, 6.45) is -5.35. The molecule has 0 fully saturated rings. The molecule has 0 spiro atoms. The fourth-order valence-corrected chi connectivity index (χ4v) is 1.44. The lowest BCUT2D eigenvalue weighted by Gasteiger charge is -2.25. The van der Waals surface area contributed by atoms with Crippen molar-refractivity contribution in [1.82, 2.24) is 0 Å². The number of nitrogens with zero attached hydrogens (tertiary/aromatic N) is 1. The summed E-state index contributed by atoms with van der Waals surface area (Å²) in [7, 11) is 0. The number of hydrogen-bond acceptors (Lipinski definition) is 6. The van der Waals surface area contributed by atoms with E-state index < -0.39 is 30.8 Å². The first-order valence-corrected chi connectivity index (χ1v) is 5.69. The second kappa shape index (κ2) is 6.60. The summed E-state index contributed by atoms with van der Waals surface area (Å²) in [5, 5.41) is 37.5. The summed E-state index contributed by atoms with van der Waals surface area (Å²) in [6.45, 7) is 1.09. The number of carbonyl (C=O) groups is 1. The quantitative estimate of drug-likeness (QED) is 0.246. The Kier molecular flexibility index (Phi) is 5.40. The lowest BCUT2D eigenvalue weighted by molar-refractivity contribution is -0.139. The molecule has 1 rings (SSSR count). The van der Waals surface area contributed by atoms with Gasteiger partial charge in [-0.15, -0.1) is 0 Å². The van der Waals surface area contributed by atoms with Gasteiger partial charge in [0.05, 0.1) is 12.3 Å². The zero-order chi connectivity index (χ0) is 14.6. The van der Waals surface area contributed by atoms with E-state index in [1.54, 1.807) is 24.3 Å². The molecule has 7 nitrogen and oxygen atoms in total. The van der Waals surface area contributed by atoms with Crippen molar-refractivity contribution in [2.75, 3.05) is 11.6 Å². The van der Waals surface area contributed by atoms with Crippen LogP contribution < -0.4 is 10.9 Å². The zero-order valence-electron chi connectivity index (χ0n) is 10.5. The maximum atomic E-state index is 11.8. The normalized spacial score (nSPS) is 15.7. The highest BCUT2D eigenvalue weighted by Gasteiger charge is 2.32. The first-order chi connectivity index (χ1) is 8.88. The van der Waals surface area contributed by atoms with Crippen LogP contribution in [0.25, 0.3) is 0 Å². The molecule has 0 aromatic heterocycles. The second-order valence-corrected chi connectivity index (χ2v) is 4.23. The van der Waals surface area contributed by atoms with E-state index in [-0.39, 0.29) is 0 Å². The molecule has 1 aromatic rings. The first-order valence-electron chi connectivity index (χ1n) is 5.69. The SMILES string of the molecule is Cc1ccc(N(N)C(=O)[C@@H](O)[C@H](O)[C@H](O)CO)cc1. The van der Waals surface area contributed by atoms with Crippen molar-refractivity contribution >= 4 is 11.6 Å². The fraction of sp³-hybridized carbons (Fsp3) is 0.417. The lowest BCUT2D eigenvalue weighted by Crippen LogP contribution is -2.52. The molecule has 19 heavy (non-hydrogen) atoms. The minimum atomic E-state index is -1.92. The van der Waals surface area contributed by atoms with Crippen LogP contribution in [0.4, 0.5) is 5.69 Å². The van der Waals surface area contributed by atoms with E-state index in [9.17, 15) is 15.0 Å². The highest BCUT2D eigenvalue weighted by molar-refractivity contribution is 5.95. The molecule has 3 atom stereocenters. The number of aryl methyl sites for hydroxylation is 1. The Balaban J connectivity index is 2.79. The Labute approximate surface area is 110 Å². The third-order valence-electron chi connectivity index (χ3n) is 2.71. The lowest BCUT2D eigenvalue weighted by atomic mass is 10.1. The Morgan fingerprint density at radius 1 is 1.26 bits per heavy atom. The third kappa shape index (κ3) is 3.72. The number of carbonyl (C=O) groups excluding carboxylic acids is 1. The van der Waals surface area contributed by atoms with Crippen molar-refractivity contribution in [3.8, 4) is 0 Å². The molecular formula is C12H18N2O5. The van der Waals surface area contributed by atoms with Crippen LogP contribution in [-0.4, -0.2) is 51.3 Å². The van der Waals surface area contributed by atoms with Crippen molar-refractivity contribution in [1.29, 1.82) is 0 Å². The smallest absolute Gasteiger partial charge is 0.272 e. The number of aliphatic hydroxyl groups is 4. The van der Waals surface area contributed by atoms with Gasteiger partial charge in [0.25, 0.3) is 5.91 Å². The van der Waals surface area contributed by atoms with E-state index in [1.807, 2.05) is 6.92 Å². The molecule has 0 aliphatic carbocycles. The van der Waals surface area contributed by atoms with E-state index in [0.717, 1.165) is 5.56 Å². The summed E-state index contributed by atoms with van der Waals surface area (Å²) >= 11 is 0. The Morgan fingerprint density at radius 3 is 2.26 bits per heavy atom. The van der Waals surface area contributed by atoms with Crippen molar-refractivity contribution in [3.63, 3.8) is 0 Å². The monoisotopic (exact) mass is 270 g/mol. The summed E-state index contributed by atoms with van der Waals surface area (Å²) < 4.78 is 0. The molecule has 6 N–H and O–H groups in total. The average molecular weight is 270 g/mol. The molecule has 0 aliphatic rings. The van der Waals surface area contributed by atoms with E-state index in [1.165, 1.54) is 0 Å². The molecule has 7 heteroatoms. The van der Waals surface area contributed by atoms with Crippen molar-refractivity contribution in [2.45, 2.75) is 25.2 Å². The third-order valence-corrected chi connectivity index (χ3v) is 2.71. The predicted molar refractivity (Wildman–Crippen MR) is 68.0 cm³/mol. The molecule has 0 aliphatic heterocycles. The molecule has 0 bridgehead atoms. The van der Waals surface area contributed by atoms with Crippen LogP contribution in [0.5, 0.6) is 0 Å². The molecule has 0 saturated heterocycles. The molecule has 0 unspecified atom stereocenters. The maximum absolute atomic E-state index is 11.8. The first kappa shape index (κ1) is 15.5. The van der Waals surface area contributed by atoms with Crippen LogP contribution >= 0.6 is 0 Å². The number of amides is 1. The van der Waals surface area contributed by atoms with Crippen LogP contribution in [0.15, 0.2) is 24.3 Å². The van der Waals surface area contributed by atoms with Gasteiger partial charge in [0.1, 0.15) is 12.2 Å². The number of hydrogen-bond donors (Lipinski definition) is 5. The van der Waals surface area contributed by atoms with Crippen LogP contribution in [-0.2, 0) is 4.79 Å². The Bertz CT molecular complexity index is 423. The summed E-state index contributed by atoms with van der Waals surface area (Å²) in [4.78, 5) is 11.8. The molecule has 0 saturated carbocycles. The van der Waals surface area contributed by atoms with Crippen molar-refractivity contribution in [3.05, 3.63) is 29.8 Å². The largest absolute Gasteiger partial charge is 0.394 e. The summed E-state index contributed by atoms with van der Waals surface area (Å²) in [5.41, 5.74) is 1.31. The molecule has 1 aromatic carbocycles. The predicted octanol–water partition coefficient (Wildman–Crippen LogP) is -1.72. The number of aliphatic hydroxyl groups excluding tert-OH is 4. The summed E-state index contributed by atoms with van der Waals surface area (Å²) in [6, 6.07) is 6.62. The fourth-order valence-electron chi connectivity index (χ4n) is 1.44. The Morgan fingerprint density at radius 2 is 1.79 bits per heavy atom. The summed E-state index contributed by atoms with van der Waals surface area (Å²) in [5.74, 6) is 4.55. The van der Waals surface area contributed by atoms with E-state index in [0.29, 0.717) is 10.7 Å². The topological polar surface area (TPSA) is 127 Å². The highest BCUT2D eigenvalue weighted by Crippen LogP contribution is 2.14. The van der Waals surface area contributed by atoms with Crippen LogP contribution in [0.2, 0.25) is 0 Å². The van der Waals surface area contributed by atoms with Gasteiger partial charge in [-0.3, -0.25) is 4.79 Å². The molecule has 0 heterocycles. The van der Waals surface area contributed by atoms with E-state index >= 15 is 0 Å². The van der Waals surface area contributed by atoms with Crippen molar-refractivity contribution in [2.24, 2.45) is 5.84 Å². The minimum Gasteiger partial charge on any atom is -0.394 e. The van der Waals surface area contributed by atoms with Crippen LogP contribution in [0, 0.1) is 6.92 Å². The van der Waals surface area contributed by atoms with Gasteiger partial charge in [-0.2, -0.15) is 0 Å². The van der Waals surface area contributed by atoms with Crippen LogP contribution in [0.3, 0.4) is 0 Å². The highest BCUT2D eigenvalue weighted by atomic mass is 16.4. The average Bonchev–Trinajstić information content (AvgIpc) is 2.44. The minimum absolute atomic E-state index is 0.334. The Hall–Kier alpha value is -1.51. The number of hydrazine groups is 1. The standard InChI is InChI=1S/C12H18N2O5/c1-7-2-4-8(5-3-7)14(13)12(19)11(18)10(17)9(16)6-15/h2-5,9-11,15-18H,6,13H2,1H3/t9-,10-,11+/m1/s1. The number of nitrogens with two attached hydrogens (primary N) is 1. The van der Waals surface area contributed by atoms with Gasteiger partial charge < -0.3 is 20.4 Å². The van der Waals surface area contributed by atoms with Gasteiger partial charge in [-0.25, -0.2) is 10.9 Å². The van der Waals surface area contributed by atoms with Gasteiger partial charge in [-0.1, -0.05) is 17.7 Å². The molecule has 1 amide bonds. The zero-order valence-corrected chi connectivity index (χ0v) is 10.5. The van der Waals surface area contributed by atoms with Crippen molar-refractivity contribution < 1.29 is 25.2 Å². The number of benzene rings is 1. The number of rotatable bonds is 5.